The lowest BCUT2D eigenvalue weighted by molar-refractivity contribution is -0.150. The van der Waals surface area contributed by atoms with Crippen LogP contribution in [0.5, 0.6) is 0 Å². The van der Waals surface area contributed by atoms with E-state index in [1.54, 1.807) is 0 Å². The van der Waals surface area contributed by atoms with Crippen LogP contribution in [0.15, 0.2) is 0 Å². The zero-order chi connectivity index (χ0) is 13.7. The molecule has 0 aromatic rings. The third-order valence-corrected chi connectivity index (χ3v) is 5.71. The van der Waals surface area contributed by atoms with Crippen LogP contribution in [0.2, 0.25) is 0 Å². The summed E-state index contributed by atoms with van der Waals surface area (Å²) in [5.74, 6) is -0.122. The minimum atomic E-state index is -0.985. The molecule has 1 spiro atoms. The van der Waals surface area contributed by atoms with Gasteiger partial charge in [-0.15, -0.1) is 0 Å². The topological polar surface area (TPSA) is 66.4 Å². The largest absolute Gasteiger partial charge is 0.480 e. The van der Waals surface area contributed by atoms with Gasteiger partial charge in [-0.25, -0.2) is 4.79 Å². The summed E-state index contributed by atoms with van der Waals surface area (Å²) in [6.07, 6.45) is 7.41. The molecule has 0 aliphatic heterocycles. The highest BCUT2D eigenvalue weighted by Gasteiger charge is 2.66. The fourth-order valence-corrected chi connectivity index (χ4v) is 3.73. The Hall–Kier alpha value is -1.06. The van der Waals surface area contributed by atoms with Crippen molar-refractivity contribution in [2.75, 3.05) is 0 Å². The molecule has 0 heterocycles. The molecule has 0 bridgehead atoms. The molecule has 106 valence electrons. The number of amides is 1. The second-order valence-electron chi connectivity index (χ2n) is 6.85. The minimum absolute atomic E-state index is 0.00477. The smallest absolute Gasteiger partial charge is 0.329 e. The van der Waals surface area contributed by atoms with E-state index in [4.69, 9.17) is 0 Å². The number of carboxylic acid groups (broad SMARTS) is 1. The summed E-state index contributed by atoms with van der Waals surface area (Å²) in [6.45, 7) is 2.15. The van der Waals surface area contributed by atoms with Crippen LogP contribution in [0, 0.1) is 17.3 Å². The van der Waals surface area contributed by atoms with Gasteiger partial charge in [0.25, 0.3) is 0 Å². The molecule has 0 radical (unpaired) electrons. The first-order chi connectivity index (χ1) is 9.01. The van der Waals surface area contributed by atoms with Gasteiger partial charge in [0.15, 0.2) is 0 Å². The van der Waals surface area contributed by atoms with Gasteiger partial charge in [0.1, 0.15) is 5.54 Å². The molecule has 1 unspecified atom stereocenters. The molecule has 0 aromatic carbocycles. The minimum Gasteiger partial charge on any atom is -0.480 e. The lowest BCUT2D eigenvalue weighted by Gasteiger charge is -2.37. The lowest BCUT2D eigenvalue weighted by atomic mass is 9.75. The number of rotatable bonds is 4. The van der Waals surface area contributed by atoms with Gasteiger partial charge in [-0.05, 0) is 56.3 Å². The second-order valence-corrected chi connectivity index (χ2v) is 6.85. The predicted molar refractivity (Wildman–Crippen MR) is 70.5 cm³/mol. The molecule has 1 amide bonds. The third kappa shape index (κ3) is 2.15. The van der Waals surface area contributed by atoms with Gasteiger partial charge in [-0.1, -0.05) is 13.3 Å². The maximum absolute atomic E-state index is 12.2. The van der Waals surface area contributed by atoms with E-state index in [0.717, 1.165) is 38.5 Å². The SMILES string of the molecule is CCC1CCC(NC(=O)C2CC23CC3)(C(=O)O)CC1. The average molecular weight is 265 g/mol. The Kier molecular flexibility index (Phi) is 2.88. The number of aliphatic carboxylic acids is 1. The summed E-state index contributed by atoms with van der Waals surface area (Å²) >= 11 is 0. The fourth-order valence-electron chi connectivity index (χ4n) is 3.73. The number of carbonyl (C=O) groups excluding carboxylic acids is 1. The van der Waals surface area contributed by atoms with Crippen LogP contribution in [0.3, 0.4) is 0 Å². The van der Waals surface area contributed by atoms with Gasteiger partial charge in [-0.2, -0.15) is 0 Å². The molecule has 1 atom stereocenters. The molecule has 3 aliphatic rings. The van der Waals surface area contributed by atoms with E-state index < -0.39 is 11.5 Å². The van der Waals surface area contributed by atoms with Gasteiger partial charge in [0, 0.05) is 5.92 Å². The van der Waals surface area contributed by atoms with Crippen molar-refractivity contribution in [3.63, 3.8) is 0 Å². The van der Waals surface area contributed by atoms with Gasteiger partial charge in [0.05, 0.1) is 0 Å². The van der Waals surface area contributed by atoms with Crippen LogP contribution in [-0.2, 0) is 9.59 Å². The van der Waals surface area contributed by atoms with E-state index in [1.807, 2.05) is 0 Å². The van der Waals surface area contributed by atoms with Crippen LogP contribution in [0.25, 0.3) is 0 Å². The van der Waals surface area contributed by atoms with Crippen LogP contribution in [0.4, 0.5) is 0 Å². The van der Waals surface area contributed by atoms with E-state index in [-0.39, 0.29) is 11.8 Å². The molecule has 0 saturated heterocycles. The fraction of sp³-hybridized carbons (Fsp3) is 0.867. The molecular weight excluding hydrogens is 242 g/mol. The van der Waals surface area contributed by atoms with Crippen molar-refractivity contribution in [2.24, 2.45) is 17.3 Å². The summed E-state index contributed by atoms with van der Waals surface area (Å²) in [6, 6.07) is 0. The molecule has 0 aromatic heterocycles. The Morgan fingerprint density at radius 2 is 1.84 bits per heavy atom. The molecule has 4 heteroatoms. The number of nitrogens with one attached hydrogen (secondary N) is 1. The average Bonchev–Trinajstić information content (AvgIpc) is 3.31. The second kappa shape index (κ2) is 4.22. The van der Waals surface area contributed by atoms with Crippen molar-refractivity contribution < 1.29 is 14.7 Å². The van der Waals surface area contributed by atoms with E-state index in [2.05, 4.69) is 12.2 Å². The maximum Gasteiger partial charge on any atom is 0.329 e. The summed E-state index contributed by atoms with van der Waals surface area (Å²) in [4.78, 5) is 23.8. The highest BCUT2D eigenvalue weighted by Crippen LogP contribution is 2.70. The molecule has 3 saturated carbocycles. The van der Waals surface area contributed by atoms with Crippen LogP contribution in [-0.4, -0.2) is 22.5 Å². The Morgan fingerprint density at radius 1 is 1.21 bits per heavy atom. The monoisotopic (exact) mass is 265 g/mol. The lowest BCUT2D eigenvalue weighted by Crippen LogP contribution is -2.56. The molecule has 4 nitrogen and oxygen atoms in total. The summed E-state index contributed by atoms with van der Waals surface area (Å²) in [5.41, 5.74) is -0.689. The molecule has 3 rings (SSSR count). The standard InChI is InChI=1S/C15H23NO3/c1-2-10-3-5-15(6-4-10,13(18)19)16-12(17)11-9-14(11)7-8-14/h10-11H,2-9H2,1H3,(H,16,17)(H,18,19). The number of hydrogen-bond donors (Lipinski definition) is 2. The molecular formula is C15H23NO3. The third-order valence-electron chi connectivity index (χ3n) is 5.71. The predicted octanol–water partition coefficient (Wildman–Crippen LogP) is 2.33. The van der Waals surface area contributed by atoms with Crippen LogP contribution in [0.1, 0.15) is 58.3 Å². The van der Waals surface area contributed by atoms with Gasteiger partial charge < -0.3 is 10.4 Å². The Bertz CT molecular complexity index is 406. The summed E-state index contributed by atoms with van der Waals surface area (Å²) < 4.78 is 0. The normalized spacial score (nSPS) is 38.8. The summed E-state index contributed by atoms with van der Waals surface area (Å²) in [7, 11) is 0. The van der Waals surface area contributed by atoms with E-state index in [9.17, 15) is 14.7 Å². The van der Waals surface area contributed by atoms with Crippen LogP contribution >= 0.6 is 0 Å². The zero-order valence-electron chi connectivity index (χ0n) is 11.6. The van der Waals surface area contributed by atoms with Gasteiger partial charge in [0.2, 0.25) is 5.91 Å². The van der Waals surface area contributed by atoms with Crippen molar-refractivity contribution in [2.45, 2.75) is 63.8 Å². The number of carbonyl (C=O) groups is 2. The van der Waals surface area contributed by atoms with Gasteiger partial charge >= 0.3 is 5.97 Å². The molecule has 3 aliphatic carbocycles. The van der Waals surface area contributed by atoms with Crippen molar-refractivity contribution in [3.8, 4) is 0 Å². The quantitative estimate of drug-likeness (QED) is 0.819. The Morgan fingerprint density at radius 3 is 2.26 bits per heavy atom. The van der Waals surface area contributed by atoms with Crippen molar-refractivity contribution >= 4 is 11.9 Å². The molecule has 2 N–H and O–H groups in total. The zero-order valence-corrected chi connectivity index (χ0v) is 11.6. The first-order valence-electron chi connectivity index (χ1n) is 7.57. The van der Waals surface area contributed by atoms with Crippen molar-refractivity contribution in [3.05, 3.63) is 0 Å². The van der Waals surface area contributed by atoms with Crippen LogP contribution < -0.4 is 5.32 Å². The Balaban J connectivity index is 1.64. The van der Waals surface area contributed by atoms with E-state index in [1.165, 1.54) is 0 Å². The van der Waals surface area contributed by atoms with Crippen molar-refractivity contribution in [1.82, 2.24) is 5.32 Å². The highest BCUT2D eigenvalue weighted by atomic mass is 16.4. The summed E-state index contributed by atoms with van der Waals surface area (Å²) in [5, 5.41) is 12.4. The molecule has 19 heavy (non-hydrogen) atoms. The van der Waals surface area contributed by atoms with E-state index in [0.29, 0.717) is 24.2 Å². The first-order valence-corrected chi connectivity index (χ1v) is 7.57. The maximum atomic E-state index is 12.2. The van der Waals surface area contributed by atoms with E-state index >= 15 is 0 Å². The van der Waals surface area contributed by atoms with Gasteiger partial charge in [-0.3, -0.25) is 4.79 Å². The number of carboxylic acids is 1. The number of hydrogen-bond acceptors (Lipinski definition) is 2. The van der Waals surface area contributed by atoms with Crippen molar-refractivity contribution in [1.29, 1.82) is 0 Å². The first kappa shape index (κ1) is 12.9. The molecule has 3 fully saturated rings. The highest BCUT2D eigenvalue weighted by molar-refractivity contribution is 5.90. The Labute approximate surface area is 113 Å².